The minimum atomic E-state index is -0.957. The maximum atomic E-state index is 12.5. The van der Waals surface area contributed by atoms with Crippen molar-refractivity contribution < 1.29 is 19.4 Å². The van der Waals surface area contributed by atoms with Gasteiger partial charge in [0.1, 0.15) is 0 Å². The van der Waals surface area contributed by atoms with E-state index in [1.54, 1.807) is 0 Å². The predicted molar refractivity (Wildman–Crippen MR) is 82.0 cm³/mol. The van der Waals surface area contributed by atoms with Crippen LogP contribution in [-0.2, 0) is 19.7 Å². The SMILES string of the molecule is CC(C)(C)c1csc(NC(=O)[C@H]2[C@@H](C(=O)O)[C@H]3CC[C@@H]2O3)n1. The van der Waals surface area contributed by atoms with Crippen molar-refractivity contribution in [3.05, 3.63) is 11.1 Å². The lowest BCUT2D eigenvalue weighted by Crippen LogP contribution is -2.40. The number of ether oxygens (including phenoxy) is 1. The Morgan fingerprint density at radius 3 is 2.50 bits per heavy atom. The Labute approximate surface area is 132 Å². The molecule has 120 valence electrons. The molecule has 0 unspecified atom stereocenters. The van der Waals surface area contributed by atoms with E-state index >= 15 is 0 Å². The van der Waals surface area contributed by atoms with Gasteiger partial charge in [0.25, 0.3) is 0 Å². The number of aliphatic carboxylic acids is 1. The molecule has 0 aromatic carbocycles. The number of carboxylic acids is 1. The van der Waals surface area contributed by atoms with Gasteiger partial charge in [-0.1, -0.05) is 20.8 Å². The van der Waals surface area contributed by atoms with Gasteiger partial charge in [0, 0.05) is 10.8 Å². The Bertz CT molecular complexity index is 607. The van der Waals surface area contributed by atoms with Crippen LogP contribution in [0.2, 0.25) is 0 Å². The summed E-state index contributed by atoms with van der Waals surface area (Å²) >= 11 is 1.36. The first-order valence-electron chi connectivity index (χ1n) is 7.42. The number of amides is 1. The number of nitrogens with zero attached hydrogens (tertiary/aromatic N) is 1. The molecule has 0 spiro atoms. The molecule has 2 N–H and O–H groups in total. The Kier molecular flexibility index (Phi) is 3.72. The lowest BCUT2D eigenvalue weighted by atomic mass is 9.79. The van der Waals surface area contributed by atoms with Crippen LogP contribution < -0.4 is 5.32 Å². The Morgan fingerprint density at radius 2 is 1.95 bits per heavy atom. The van der Waals surface area contributed by atoms with Crippen LogP contribution >= 0.6 is 11.3 Å². The highest BCUT2D eigenvalue weighted by molar-refractivity contribution is 7.13. The lowest BCUT2D eigenvalue weighted by Gasteiger charge is -2.23. The molecule has 4 atom stereocenters. The van der Waals surface area contributed by atoms with E-state index in [1.165, 1.54) is 11.3 Å². The van der Waals surface area contributed by atoms with Gasteiger partial charge in [0.15, 0.2) is 5.13 Å². The number of anilines is 1. The van der Waals surface area contributed by atoms with E-state index in [0.29, 0.717) is 5.13 Å². The van der Waals surface area contributed by atoms with Gasteiger partial charge in [-0.2, -0.15) is 0 Å². The van der Waals surface area contributed by atoms with Crippen molar-refractivity contribution in [1.82, 2.24) is 4.98 Å². The predicted octanol–water partition coefficient (Wildman–Crippen LogP) is 2.26. The number of aromatic nitrogens is 1. The number of fused-ring (bicyclic) bond motifs is 2. The maximum absolute atomic E-state index is 12.5. The molecule has 2 saturated heterocycles. The van der Waals surface area contributed by atoms with Crippen LogP contribution in [0.25, 0.3) is 0 Å². The molecule has 22 heavy (non-hydrogen) atoms. The molecule has 2 aliphatic heterocycles. The molecule has 7 heteroatoms. The number of nitrogens with one attached hydrogen (secondary N) is 1. The Hall–Kier alpha value is -1.47. The first-order chi connectivity index (χ1) is 10.3. The first kappa shape index (κ1) is 15.4. The van der Waals surface area contributed by atoms with Crippen molar-refractivity contribution >= 4 is 28.3 Å². The third-order valence-electron chi connectivity index (χ3n) is 4.36. The van der Waals surface area contributed by atoms with Crippen molar-refractivity contribution in [2.24, 2.45) is 11.8 Å². The zero-order valence-electron chi connectivity index (χ0n) is 12.8. The fourth-order valence-electron chi connectivity index (χ4n) is 3.19. The summed E-state index contributed by atoms with van der Waals surface area (Å²) in [5.41, 5.74) is 0.824. The summed E-state index contributed by atoms with van der Waals surface area (Å²) in [6.07, 6.45) is 0.849. The van der Waals surface area contributed by atoms with Gasteiger partial charge in [0.05, 0.1) is 29.7 Å². The molecule has 2 bridgehead atoms. The molecule has 1 aromatic heterocycles. The quantitative estimate of drug-likeness (QED) is 0.890. The van der Waals surface area contributed by atoms with Crippen LogP contribution in [0.5, 0.6) is 0 Å². The molecular formula is C15H20N2O4S. The minimum Gasteiger partial charge on any atom is -0.481 e. The molecule has 0 aliphatic carbocycles. The van der Waals surface area contributed by atoms with Gasteiger partial charge in [-0.3, -0.25) is 9.59 Å². The highest BCUT2D eigenvalue weighted by Gasteiger charge is 2.55. The number of carboxylic acid groups (broad SMARTS) is 1. The summed E-state index contributed by atoms with van der Waals surface area (Å²) in [7, 11) is 0. The molecule has 3 rings (SSSR count). The topological polar surface area (TPSA) is 88.5 Å². The van der Waals surface area contributed by atoms with E-state index in [9.17, 15) is 14.7 Å². The van der Waals surface area contributed by atoms with Crippen molar-refractivity contribution in [3.63, 3.8) is 0 Å². The number of carbonyl (C=O) groups is 2. The van der Waals surface area contributed by atoms with E-state index in [2.05, 4.69) is 31.1 Å². The molecule has 0 saturated carbocycles. The first-order valence-corrected chi connectivity index (χ1v) is 8.30. The number of carbonyl (C=O) groups excluding carboxylic acids is 1. The van der Waals surface area contributed by atoms with Crippen LogP contribution in [0.1, 0.15) is 39.3 Å². The molecule has 3 heterocycles. The zero-order chi connectivity index (χ0) is 16.1. The van der Waals surface area contributed by atoms with Crippen molar-refractivity contribution in [3.8, 4) is 0 Å². The molecule has 0 radical (unpaired) electrons. The second kappa shape index (κ2) is 5.31. The number of hydrogen-bond donors (Lipinski definition) is 2. The van der Waals surface area contributed by atoms with Crippen LogP contribution in [0.15, 0.2) is 5.38 Å². The summed E-state index contributed by atoms with van der Waals surface area (Å²) in [4.78, 5) is 28.3. The fraction of sp³-hybridized carbons (Fsp3) is 0.667. The number of hydrogen-bond acceptors (Lipinski definition) is 5. The van der Waals surface area contributed by atoms with E-state index < -0.39 is 17.8 Å². The van der Waals surface area contributed by atoms with Crippen LogP contribution in [-0.4, -0.2) is 34.2 Å². The van der Waals surface area contributed by atoms with Crippen molar-refractivity contribution in [2.45, 2.75) is 51.2 Å². The average Bonchev–Trinajstić information content (AvgIpc) is 3.11. The zero-order valence-corrected chi connectivity index (χ0v) is 13.6. The largest absolute Gasteiger partial charge is 0.481 e. The average molecular weight is 324 g/mol. The fourth-order valence-corrected chi connectivity index (χ4v) is 4.13. The summed E-state index contributed by atoms with van der Waals surface area (Å²) in [6.45, 7) is 6.16. The molecule has 1 amide bonds. The van der Waals surface area contributed by atoms with Gasteiger partial charge in [-0.25, -0.2) is 4.98 Å². The summed E-state index contributed by atoms with van der Waals surface area (Å²) in [6, 6.07) is 0. The van der Waals surface area contributed by atoms with Crippen molar-refractivity contribution in [2.75, 3.05) is 5.32 Å². The van der Waals surface area contributed by atoms with E-state index in [4.69, 9.17) is 4.74 Å². The summed E-state index contributed by atoms with van der Waals surface area (Å²) < 4.78 is 5.62. The molecule has 6 nitrogen and oxygen atoms in total. The standard InChI is InChI=1S/C15H20N2O4S/c1-15(2,3)9-6-22-14(16-9)17-12(18)10-7-4-5-8(21-7)11(10)13(19)20/h6-8,10-11H,4-5H2,1-3H3,(H,19,20)(H,16,17,18)/t7-,8+,10+,11-/m0/s1. The minimum absolute atomic E-state index is 0.0847. The Balaban J connectivity index is 1.74. The van der Waals surface area contributed by atoms with Gasteiger partial charge in [-0.15, -0.1) is 11.3 Å². The van der Waals surface area contributed by atoms with E-state index in [1.807, 2.05) is 5.38 Å². The van der Waals surface area contributed by atoms with Gasteiger partial charge < -0.3 is 15.2 Å². The summed E-state index contributed by atoms with van der Waals surface area (Å²) in [5, 5.41) is 14.6. The van der Waals surface area contributed by atoms with Crippen LogP contribution in [0, 0.1) is 11.8 Å². The normalized spacial score (nSPS) is 30.5. The summed E-state index contributed by atoms with van der Waals surface area (Å²) in [5.74, 6) is -2.63. The van der Waals surface area contributed by atoms with Crippen LogP contribution in [0.3, 0.4) is 0 Å². The molecule has 2 aliphatic rings. The number of rotatable bonds is 3. The van der Waals surface area contributed by atoms with Gasteiger partial charge >= 0.3 is 5.97 Å². The lowest BCUT2D eigenvalue weighted by molar-refractivity contribution is -0.147. The van der Waals surface area contributed by atoms with Gasteiger partial charge in [0.2, 0.25) is 5.91 Å². The monoisotopic (exact) mass is 324 g/mol. The highest BCUT2D eigenvalue weighted by atomic mass is 32.1. The molecule has 1 aromatic rings. The van der Waals surface area contributed by atoms with Gasteiger partial charge in [-0.05, 0) is 12.8 Å². The van der Waals surface area contributed by atoms with Crippen molar-refractivity contribution in [1.29, 1.82) is 0 Å². The number of thiazole rings is 1. The second-order valence-electron chi connectivity index (χ2n) is 6.96. The third-order valence-corrected chi connectivity index (χ3v) is 5.12. The highest BCUT2D eigenvalue weighted by Crippen LogP contribution is 2.44. The second-order valence-corrected chi connectivity index (χ2v) is 7.82. The molecular weight excluding hydrogens is 304 g/mol. The third kappa shape index (κ3) is 2.63. The van der Waals surface area contributed by atoms with Crippen LogP contribution in [0.4, 0.5) is 5.13 Å². The Morgan fingerprint density at radius 1 is 1.32 bits per heavy atom. The smallest absolute Gasteiger partial charge is 0.310 e. The maximum Gasteiger partial charge on any atom is 0.310 e. The molecule has 2 fully saturated rings. The van der Waals surface area contributed by atoms with E-state index in [0.717, 1.165) is 18.5 Å². The van der Waals surface area contributed by atoms with E-state index in [-0.39, 0.29) is 23.5 Å².